The molecule has 0 amide bonds. The van der Waals surface area contributed by atoms with Gasteiger partial charge in [0.1, 0.15) is 0 Å². The van der Waals surface area contributed by atoms with Crippen LogP contribution < -0.4 is 4.72 Å². The maximum absolute atomic E-state index is 11.7. The normalized spacial score (nSPS) is 12.6. The zero-order valence-electron chi connectivity index (χ0n) is 11.0. The van der Waals surface area contributed by atoms with E-state index >= 15 is 0 Å². The minimum atomic E-state index is -3.37. The first-order valence-corrected chi connectivity index (χ1v) is 7.30. The van der Waals surface area contributed by atoms with E-state index < -0.39 is 10.2 Å². The van der Waals surface area contributed by atoms with Gasteiger partial charge in [-0.25, -0.2) is 4.72 Å². The predicted molar refractivity (Wildman–Crippen MR) is 69.0 cm³/mol. The quantitative estimate of drug-likeness (QED) is 0.522. The second-order valence-corrected chi connectivity index (χ2v) is 6.17. The summed E-state index contributed by atoms with van der Waals surface area (Å²) < 4.78 is 27.1. The van der Waals surface area contributed by atoms with Crippen molar-refractivity contribution in [2.24, 2.45) is 0 Å². The Hall–Kier alpha value is -0.210. The third kappa shape index (κ3) is 8.50. The Balaban J connectivity index is 3.77. The molecular weight excluding hydrogens is 242 g/mol. The summed E-state index contributed by atoms with van der Waals surface area (Å²) in [6.07, 6.45) is 2.25. The van der Waals surface area contributed by atoms with Gasteiger partial charge >= 0.3 is 0 Å². The van der Waals surface area contributed by atoms with Crippen molar-refractivity contribution >= 4 is 10.2 Å². The van der Waals surface area contributed by atoms with Crippen LogP contribution >= 0.6 is 0 Å². The highest BCUT2D eigenvalue weighted by atomic mass is 32.2. The predicted octanol–water partition coefficient (Wildman–Crippen LogP) is -0.523. The van der Waals surface area contributed by atoms with Gasteiger partial charge in [0.15, 0.2) is 0 Å². The lowest BCUT2D eigenvalue weighted by Crippen LogP contribution is -2.39. The maximum atomic E-state index is 11.7. The number of aliphatic hydroxyl groups is 1. The van der Waals surface area contributed by atoms with Gasteiger partial charge < -0.3 is 10.0 Å². The molecule has 0 rings (SSSR count). The molecule has 0 radical (unpaired) electrons. The SMILES string of the molecule is CN(C)CCCCNS(=O)(=O)N(C)CCCO. The first-order valence-electron chi connectivity index (χ1n) is 5.86. The van der Waals surface area contributed by atoms with E-state index in [-0.39, 0.29) is 6.61 Å². The van der Waals surface area contributed by atoms with Crippen LogP contribution in [-0.4, -0.2) is 70.1 Å². The van der Waals surface area contributed by atoms with Gasteiger partial charge in [0.25, 0.3) is 10.2 Å². The lowest BCUT2D eigenvalue weighted by molar-refractivity contribution is 0.275. The largest absolute Gasteiger partial charge is 0.396 e. The number of hydrogen-bond donors (Lipinski definition) is 2. The zero-order valence-corrected chi connectivity index (χ0v) is 11.8. The van der Waals surface area contributed by atoms with Crippen molar-refractivity contribution in [1.82, 2.24) is 13.9 Å². The van der Waals surface area contributed by atoms with Crippen molar-refractivity contribution < 1.29 is 13.5 Å². The zero-order chi connectivity index (χ0) is 13.3. The van der Waals surface area contributed by atoms with Gasteiger partial charge in [-0.1, -0.05) is 0 Å². The molecule has 0 saturated heterocycles. The van der Waals surface area contributed by atoms with E-state index in [9.17, 15) is 8.42 Å². The monoisotopic (exact) mass is 267 g/mol. The van der Waals surface area contributed by atoms with Gasteiger partial charge in [0.05, 0.1) is 0 Å². The average molecular weight is 267 g/mol. The molecule has 0 fully saturated rings. The number of nitrogens with one attached hydrogen (secondary N) is 1. The van der Waals surface area contributed by atoms with Gasteiger partial charge in [-0.3, -0.25) is 0 Å². The Labute approximate surface area is 105 Å². The second kappa shape index (κ2) is 8.82. The van der Waals surface area contributed by atoms with Crippen LogP contribution in [0.3, 0.4) is 0 Å². The fourth-order valence-electron chi connectivity index (χ4n) is 1.28. The molecule has 0 atom stereocenters. The van der Waals surface area contributed by atoms with E-state index in [1.165, 1.54) is 11.4 Å². The van der Waals surface area contributed by atoms with E-state index in [1.54, 1.807) is 0 Å². The topological polar surface area (TPSA) is 72.9 Å². The molecule has 0 bridgehead atoms. The maximum Gasteiger partial charge on any atom is 0.279 e. The Kier molecular flexibility index (Phi) is 8.71. The molecule has 0 unspecified atom stereocenters. The molecule has 0 aromatic carbocycles. The van der Waals surface area contributed by atoms with Crippen LogP contribution in [0.1, 0.15) is 19.3 Å². The van der Waals surface area contributed by atoms with Crippen LogP contribution in [0.5, 0.6) is 0 Å². The molecule has 6 nitrogen and oxygen atoms in total. The van der Waals surface area contributed by atoms with E-state index in [0.29, 0.717) is 19.5 Å². The Morgan fingerprint density at radius 1 is 1.06 bits per heavy atom. The van der Waals surface area contributed by atoms with Crippen molar-refractivity contribution in [2.75, 3.05) is 47.4 Å². The van der Waals surface area contributed by atoms with E-state index in [4.69, 9.17) is 5.11 Å². The van der Waals surface area contributed by atoms with E-state index in [0.717, 1.165) is 19.4 Å². The van der Waals surface area contributed by atoms with E-state index in [1.807, 2.05) is 14.1 Å². The third-order valence-electron chi connectivity index (χ3n) is 2.36. The highest BCUT2D eigenvalue weighted by Crippen LogP contribution is 1.97. The van der Waals surface area contributed by atoms with Crippen LogP contribution in [-0.2, 0) is 10.2 Å². The Morgan fingerprint density at radius 2 is 1.71 bits per heavy atom. The Bertz CT molecular complexity index is 281. The van der Waals surface area contributed by atoms with Crippen molar-refractivity contribution in [2.45, 2.75) is 19.3 Å². The molecule has 104 valence electrons. The first-order chi connectivity index (χ1) is 7.90. The van der Waals surface area contributed by atoms with Crippen molar-refractivity contribution in [1.29, 1.82) is 0 Å². The van der Waals surface area contributed by atoms with Crippen molar-refractivity contribution in [3.8, 4) is 0 Å². The molecule has 0 aliphatic rings. The first kappa shape index (κ1) is 16.8. The van der Waals surface area contributed by atoms with Crippen LogP contribution in [0, 0.1) is 0 Å². The summed E-state index contributed by atoms with van der Waals surface area (Å²) in [5.74, 6) is 0. The van der Waals surface area contributed by atoms with Crippen LogP contribution in [0.4, 0.5) is 0 Å². The standard InChI is InChI=1S/C10H25N3O3S/c1-12(2)8-5-4-7-11-17(15,16)13(3)9-6-10-14/h11,14H,4-10H2,1-3H3. The summed E-state index contributed by atoms with van der Waals surface area (Å²) in [6, 6.07) is 0. The van der Waals surface area contributed by atoms with Crippen LogP contribution in [0.2, 0.25) is 0 Å². The summed E-state index contributed by atoms with van der Waals surface area (Å²) in [4.78, 5) is 2.07. The summed E-state index contributed by atoms with van der Waals surface area (Å²) in [6.45, 7) is 1.76. The number of nitrogens with zero attached hydrogens (tertiary/aromatic N) is 2. The highest BCUT2D eigenvalue weighted by Gasteiger charge is 2.15. The minimum absolute atomic E-state index is 0.00267. The molecule has 0 saturated carbocycles. The summed E-state index contributed by atoms with van der Waals surface area (Å²) in [5.41, 5.74) is 0. The molecule has 7 heteroatoms. The fraction of sp³-hybridized carbons (Fsp3) is 1.00. The molecular formula is C10H25N3O3S. The molecule has 17 heavy (non-hydrogen) atoms. The smallest absolute Gasteiger partial charge is 0.279 e. The second-order valence-electron chi connectivity index (χ2n) is 4.31. The molecule has 0 aromatic heterocycles. The van der Waals surface area contributed by atoms with Gasteiger partial charge in [-0.2, -0.15) is 12.7 Å². The van der Waals surface area contributed by atoms with E-state index in [2.05, 4.69) is 9.62 Å². The molecule has 2 N–H and O–H groups in total. The number of rotatable bonds is 10. The Morgan fingerprint density at radius 3 is 2.24 bits per heavy atom. The lowest BCUT2D eigenvalue weighted by atomic mass is 10.3. The summed E-state index contributed by atoms with van der Waals surface area (Å²) >= 11 is 0. The fourth-order valence-corrected chi connectivity index (χ4v) is 2.27. The third-order valence-corrected chi connectivity index (χ3v) is 3.93. The van der Waals surface area contributed by atoms with Gasteiger partial charge in [0.2, 0.25) is 0 Å². The molecule has 0 spiro atoms. The van der Waals surface area contributed by atoms with Gasteiger partial charge in [-0.15, -0.1) is 0 Å². The van der Waals surface area contributed by atoms with Crippen molar-refractivity contribution in [3.63, 3.8) is 0 Å². The van der Waals surface area contributed by atoms with Crippen LogP contribution in [0.25, 0.3) is 0 Å². The van der Waals surface area contributed by atoms with Gasteiger partial charge in [0, 0.05) is 26.7 Å². The van der Waals surface area contributed by atoms with Crippen molar-refractivity contribution in [3.05, 3.63) is 0 Å². The number of unbranched alkanes of at least 4 members (excludes halogenated alkanes) is 1. The number of hydrogen-bond acceptors (Lipinski definition) is 4. The van der Waals surface area contributed by atoms with Gasteiger partial charge in [-0.05, 0) is 39.9 Å². The number of aliphatic hydroxyl groups excluding tert-OH is 1. The molecule has 0 aliphatic heterocycles. The molecule has 0 aliphatic carbocycles. The molecule has 0 heterocycles. The highest BCUT2D eigenvalue weighted by molar-refractivity contribution is 7.87. The average Bonchev–Trinajstić information content (AvgIpc) is 2.24. The summed E-state index contributed by atoms with van der Waals surface area (Å²) in [5, 5.41) is 8.63. The van der Waals surface area contributed by atoms with Crippen LogP contribution in [0.15, 0.2) is 0 Å². The lowest BCUT2D eigenvalue weighted by Gasteiger charge is -2.17. The summed E-state index contributed by atoms with van der Waals surface area (Å²) in [7, 11) is 2.12. The minimum Gasteiger partial charge on any atom is -0.396 e. The molecule has 0 aromatic rings.